The number of nitrogens with one attached hydrogen (secondary N) is 3. The van der Waals surface area contributed by atoms with Gasteiger partial charge in [0.15, 0.2) is 5.96 Å². The van der Waals surface area contributed by atoms with Gasteiger partial charge in [-0.05, 0) is 17.7 Å². The van der Waals surface area contributed by atoms with Crippen molar-refractivity contribution in [2.24, 2.45) is 4.99 Å². The lowest BCUT2D eigenvalue weighted by Crippen LogP contribution is -2.43. The number of hydrogen-bond donors (Lipinski definition) is 3. The van der Waals surface area contributed by atoms with Crippen molar-refractivity contribution in [3.05, 3.63) is 34.9 Å². The molecule has 1 fully saturated rings. The van der Waals surface area contributed by atoms with Gasteiger partial charge in [-0.1, -0.05) is 23.7 Å². The molecule has 1 saturated heterocycles. The molecule has 0 saturated carbocycles. The molecule has 118 valence electrons. The quantitative estimate of drug-likeness (QED) is 0.420. The summed E-state index contributed by atoms with van der Waals surface area (Å²) in [5.41, 5.74) is 1.03. The third kappa shape index (κ3) is 4.36. The highest BCUT2D eigenvalue weighted by Gasteiger charge is 2.27. The van der Waals surface area contributed by atoms with Gasteiger partial charge in [0, 0.05) is 31.7 Å². The third-order valence-corrected chi connectivity index (χ3v) is 3.37. The largest absolute Gasteiger partial charge is 0.355 e. The molecule has 1 aliphatic heterocycles. The SMILES string of the molecule is CN=C(NCCN1C(=O)CNC1=O)NCc1cccc(Cl)c1. The molecule has 3 amide bonds. The molecule has 1 heterocycles. The molecular weight excluding hydrogens is 306 g/mol. The monoisotopic (exact) mass is 323 g/mol. The highest BCUT2D eigenvalue weighted by molar-refractivity contribution is 6.30. The van der Waals surface area contributed by atoms with Gasteiger partial charge >= 0.3 is 6.03 Å². The molecular formula is C14H18ClN5O2. The molecule has 0 radical (unpaired) electrons. The summed E-state index contributed by atoms with van der Waals surface area (Å²) in [6, 6.07) is 7.17. The van der Waals surface area contributed by atoms with Crippen LogP contribution in [0.2, 0.25) is 5.02 Å². The molecule has 7 nitrogen and oxygen atoms in total. The van der Waals surface area contributed by atoms with Crippen molar-refractivity contribution < 1.29 is 9.59 Å². The zero-order valence-electron chi connectivity index (χ0n) is 12.2. The lowest BCUT2D eigenvalue weighted by atomic mass is 10.2. The van der Waals surface area contributed by atoms with E-state index >= 15 is 0 Å². The van der Waals surface area contributed by atoms with E-state index in [1.165, 1.54) is 4.90 Å². The van der Waals surface area contributed by atoms with Crippen LogP contribution in [0.25, 0.3) is 0 Å². The van der Waals surface area contributed by atoms with Crippen molar-refractivity contribution >= 4 is 29.5 Å². The molecule has 1 aromatic carbocycles. The molecule has 22 heavy (non-hydrogen) atoms. The maximum Gasteiger partial charge on any atom is 0.324 e. The molecule has 0 aromatic heterocycles. The van der Waals surface area contributed by atoms with Crippen LogP contribution in [0.4, 0.5) is 4.79 Å². The summed E-state index contributed by atoms with van der Waals surface area (Å²) in [7, 11) is 1.65. The first-order chi connectivity index (χ1) is 10.6. The van der Waals surface area contributed by atoms with E-state index in [0.717, 1.165) is 5.56 Å². The van der Waals surface area contributed by atoms with Crippen LogP contribution in [0.3, 0.4) is 0 Å². The van der Waals surface area contributed by atoms with E-state index < -0.39 is 0 Å². The summed E-state index contributed by atoms with van der Waals surface area (Å²) >= 11 is 5.93. The Bertz CT molecular complexity index is 574. The average molecular weight is 324 g/mol. The normalized spacial score (nSPS) is 15.0. The smallest absolute Gasteiger partial charge is 0.324 e. The highest BCUT2D eigenvalue weighted by atomic mass is 35.5. The van der Waals surface area contributed by atoms with Crippen molar-refractivity contribution in [3.8, 4) is 0 Å². The van der Waals surface area contributed by atoms with Crippen molar-refractivity contribution in [1.29, 1.82) is 0 Å². The number of urea groups is 1. The van der Waals surface area contributed by atoms with Gasteiger partial charge in [-0.3, -0.25) is 14.7 Å². The van der Waals surface area contributed by atoms with Gasteiger partial charge in [-0.2, -0.15) is 0 Å². The molecule has 0 atom stereocenters. The van der Waals surface area contributed by atoms with E-state index in [0.29, 0.717) is 30.6 Å². The van der Waals surface area contributed by atoms with E-state index in [1.807, 2.05) is 24.3 Å². The number of guanidine groups is 1. The number of carbonyl (C=O) groups excluding carboxylic acids is 2. The molecule has 3 N–H and O–H groups in total. The Labute approximate surface area is 133 Å². The fraction of sp³-hybridized carbons (Fsp3) is 0.357. The van der Waals surface area contributed by atoms with E-state index in [4.69, 9.17) is 11.6 Å². The molecule has 2 rings (SSSR count). The Morgan fingerprint density at radius 2 is 2.23 bits per heavy atom. The standard InChI is InChI=1S/C14H18ClN5O2/c1-16-13(18-8-10-3-2-4-11(15)7-10)17-5-6-20-12(21)9-19-14(20)22/h2-4,7H,5-6,8-9H2,1H3,(H,19,22)(H2,16,17,18). The fourth-order valence-electron chi connectivity index (χ4n) is 2.02. The second kappa shape index (κ2) is 7.65. The van der Waals surface area contributed by atoms with Gasteiger partial charge in [0.2, 0.25) is 5.91 Å². The minimum atomic E-state index is -0.353. The zero-order valence-corrected chi connectivity index (χ0v) is 13.0. The van der Waals surface area contributed by atoms with Gasteiger partial charge in [-0.25, -0.2) is 4.79 Å². The van der Waals surface area contributed by atoms with Crippen LogP contribution in [-0.2, 0) is 11.3 Å². The number of rotatable bonds is 5. The zero-order chi connectivity index (χ0) is 15.9. The molecule has 0 spiro atoms. The van der Waals surface area contributed by atoms with Crippen LogP contribution in [0.5, 0.6) is 0 Å². The van der Waals surface area contributed by atoms with E-state index in [1.54, 1.807) is 7.05 Å². The predicted octanol–water partition coefficient (Wildman–Crippen LogP) is 0.557. The summed E-state index contributed by atoms with van der Waals surface area (Å²) in [6.45, 7) is 1.36. The van der Waals surface area contributed by atoms with Crippen molar-refractivity contribution in [1.82, 2.24) is 20.9 Å². The lowest BCUT2D eigenvalue weighted by Gasteiger charge is -2.15. The number of nitrogens with zero attached hydrogens (tertiary/aromatic N) is 2. The van der Waals surface area contributed by atoms with E-state index in [2.05, 4.69) is 20.9 Å². The molecule has 0 aliphatic carbocycles. The highest BCUT2D eigenvalue weighted by Crippen LogP contribution is 2.10. The van der Waals surface area contributed by atoms with Gasteiger partial charge in [0.1, 0.15) is 0 Å². The van der Waals surface area contributed by atoms with Crippen LogP contribution in [-0.4, -0.2) is 49.5 Å². The lowest BCUT2D eigenvalue weighted by molar-refractivity contribution is -0.124. The number of amides is 3. The Morgan fingerprint density at radius 1 is 1.41 bits per heavy atom. The summed E-state index contributed by atoms with van der Waals surface area (Å²) in [6.07, 6.45) is 0. The summed E-state index contributed by atoms with van der Waals surface area (Å²) in [5.74, 6) is 0.376. The van der Waals surface area contributed by atoms with Crippen LogP contribution in [0.1, 0.15) is 5.56 Å². The van der Waals surface area contributed by atoms with E-state index in [-0.39, 0.29) is 18.5 Å². The number of benzene rings is 1. The molecule has 8 heteroatoms. The Morgan fingerprint density at radius 3 is 2.86 bits per heavy atom. The van der Waals surface area contributed by atoms with Gasteiger partial charge in [0.05, 0.1) is 6.54 Å². The number of hydrogen-bond acceptors (Lipinski definition) is 3. The van der Waals surface area contributed by atoms with Crippen molar-refractivity contribution in [2.75, 3.05) is 26.7 Å². The maximum atomic E-state index is 11.4. The van der Waals surface area contributed by atoms with Crippen LogP contribution in [0.15, 0.2) is 29.3 Å². The molecule has 0 unspecified atom stereocenters. The summed E-state index contributed by atoms with van der Waals surface area (Å²) in [5, 5.41) is 9.35. The number of halogens is 1. The van der Waals surface area contributed by atoms with Gasteiger partial charge in [-0.15, -0.1) is 0 Å². The first-order valence-corrected chi connectivity index (χ1v) is 7.25. The summed E-state index contributed by atoms with van der Waals surface area (Å²) < 4.78 is 0. The Balaban J connectivity index is 1.76. The minimum Gasteiger partial charge on any atom is -0.355 e. The fourth-order valence-corrected chi connectivity index (χ4v) is 2.23. The van der Waals surface area contributed by atoms with Crippen LogP contribution in [0, 0.1) is 0 Å². The summed E-state index contributed by atoms with van der Waals surface area (Å²) in [4.78, 5) is 28.1. The number of aliphatic imine (C=N–C) groups is 1. The minimum absolute atomic E-state index is 0.0700. The predicted molar refractivity (Wildman–Crippen MR) is 84.8 cm³/mol. The topological polar surface area (TPSA) is 85.8 Å². The average Bonchev–Trinajstić information content (AvgIpc) is 2.82. The Hall–Kier alpha value is -2.28. The molecule has 0 bridgehead atoms. The molecule has 1 aliphatic rings. The van der Waals surface area contributed by atoms with Crippen molar-refractivity contribution in [2.45, 2.75) is 6.54 Å². The second-order valence-corrected chi connectivity index (χ2v) is 5.12. The van der Waals surface area contributed by atoms with Crippen LogP contribution >= 0.6 is 11.6 Å². The second-order valence-electron chi connectivity index (χ2n) is 4.69. The van der Waals surface area contributed by atoms with E-state index in [9.17, 15) is 9.59 Å². The first kappa shape index (κ1) is 16.1. The van der Waals surface area contributed by atoms with Crippen molar-refractivity contribution in [3.63, 3.8) is 0 Å². The van der Waals surface area contributed by atoms with Crippen LogP contribution < -0.4 is 16.0 Å². The number of imide groups is 1. The van der Waals surface area contributed by atoms with Gasteiger partial charge in [0.25, 0.3) is 0 Å². The maximum absolute atomic E-state index is 11.4. The Kier molecular flexibility index (Phi) is 5.60. The third-order valence-electron chi connectivity index (χ3n) is 3.14. The molecule has 1 aromatic rings. The number of carbonyl (C=O) groups is 2. The van der Waals surface area contributed by atoms with Gasteiger partial charge < -0.3 is 16.0 Å². The first-order valence-electron chi connectivity index (χ1n) is 6.87.